The van der Waals surface area contributed by atoms with Crippen molar-refractivity contribution in [1.29, 1.82) is 0 Å². The van der Waals surface area contributed by atoms with Crippen LogP contribution in [0.25, 0.3) is 0 Å². The molecule has 0 rings (SSSR count). The first kappa shape index (κ1) is 9.37. The number of rotatable bonds is 3. The van der Waals surface area contributed by atoms with Crippen LogP contribution in [-0.4, -0.2) is 0 Å². The SMILES string of the molecule is CCC/C(N)=C(Cl)\C=C/N. The van der Waals surface area contributed by atoms with Gasteiger partial charge < -0.3 is 11.5 Å². The summed E-state index contributed by atoms with van der Waals surface area (Å²) in [4.78, 5) is 0. The van der Waals surface area contributed by atoms with E-state index >= 15 is 0 Å². The molecule has 3 heteroatoms. The van der Waals surface area contributed by atoms with Crippen LogP contribution in [0, 0.1) is 0 Å². The normalized spacial score (nSPS) is 13.8. The van der Waals surface area contributed by atoms with Crippen molar-refractivity contribution in [3.8, 4) is 0 Å². The molecule has 0 aromatic carbocycles. The predicted octanol–water partition coefficient (Wildman–Crippen LogP) is 1.67. The highest BCUT2D eigenvalue weighted by molar-refractivity contribution is 6.31. The molecule has 0 saturated heterocycles. The summed E-state index contributed by atoms with van der Waals surface area (Å²) < 4.78 is 0. The molecule has 0 aliphatic heterocycles. The van der Waals surface area contributed by atoms with Crippen LogP contribution in [0.5, 0.6) is 0 Å². The summed E-state index contributed by atoms with van der Waals surface area (Å²) in [5.41, 5.74) is 11.4. The Kier molecular flexibility index (Phi) is 4.85. The first-order chi connectivity index (χ1) is 4.72. The van der Waals surface area contributed by atoms with Gasteiger partial charge in [0.2, 0.25) is 0 Å². The van der Waals surface area contributed by atoms with Gasteiger partial charge in [0, 0.05) is 5.70 Å². The predicted molar refractivity (Wildman–Crippen MR) is 45.3 cm³/mol. The van der Waals surface area contributed by atoms with Gasteiger partial charge in [0.1, 0.15) is 0 Å². The second-order valence-corrected chi connectivity index (χ2v) is 2.39. The Bertz CT molecular complexity index is 150. The van der Waals surface area contributed by atoms with Gasteiger partial charge in [-0.05, 0) is 18.7 Å². The molecule has 0 amide bonds. The third kappa shape index (κ3) is 3.41. The van der Waals surface area contributed by atoms with Gasteiger partial charge in [-0.3, -0.25) is 0 Å². The second-order valence-electron chi connectivity index (χ2n) is 1.98. The maximum atomic E-state index is 5.70. The number of nitrogens with two attached hydrogens (primary N) is 2. The summed E-state index contributed by atoms with van der Waals surface area (Å²) in [6.45, 7) is 2.04. The highest BCUT2D eigenvalue weighted by Gasteiger charge is 1.93. The minimum atomic E-state index is 0.546. The van der Waals surface area contributed by atoms with Gasteiger partial charge >= 0.3 is 0 Å². The van der Waals surface area contributed by atoms with Crippen LogP contribution in [0.15, 0.2) is 23.0 Å². The average molecular weight is 161 g/mol. The van der Waals surface area contributed by atoms with Crippen LogP contribution in [0.3, 0.4) is 0 Å². The molecule has 4 N–H and O–H groups in total. The van der Waals surface area contributed by atoms with E-state index in [1.54, 1.807) is 6.08 Å². The number of hydrogen-bond acceptors (Lipinski definition) is 2. The first-order valence-electron chi connectivity index (χ1n) is 3.24. The van der Waals surface area contributed by atoms with Gasteiger partial charge in [0.15, 0.2) is 0 Å². The van der Waals surface area contributed by atoms with Crippen LogP contribution in [-0.2, 0) is 0 Å². The molecule has 10 heavy (non-hydrogen) atoms. The maximum Gasteiger partial charge on any atom is 0.0607 e. The van der Waals surface area contributed by atoms with Crippen molar-refractivity contribution in [3.63, 3.8) is 0 Å². The van der Waals surface area contributed by atoms with Crippen molar-refractivity contribution in [3.05, 3.63) is 23.0 Å². The van der Waals surface area contributed by atoms with E-state index in [9.17, 15) is 0 Å². The maximum absolute atomic E-state index is 5.70. The van der Waals surface area contributed by atoms with Crippen LogP contribution < -0.4 is 11.5 Å². The first-order valence-corrected chi connectivity index (χ1v) is 3.62. The summed E-state index contributed by atoms with van der Waals surface area (Å²) in [7, 11) is 0. The Morgan fingerprint density at radius 3 is 2.60 bits per heavy atom. The highest BCUT2D eigenvalue weighted by atomic mass is 35.5. The van der Waals surface area contributed by atoms with Gasteiger partial charge in [-0.1, -0.05) is 24.9 Å². The monoisotopic (exact) mass is 160 g/mol. The lowest BCUT2D eigenvalue weighted by Gasteiger charge is -1.98. The molecule has 0 atom stereocenters. The van der Waals surface area contributed by atoms with Gasteiger partial charge in [0.25, 0.3) is 0 Å². The van der Waals surface area contributed by atoms with Crippen LogP contribution in [0.1, 0.15) is 19.8 Å². The smallest absolute Gasteiger partial charge is 0.0607 e. The molecule has 0 unspecified atom stereocenters. The van der Waals surface area contributed by atoms with Crippen molar-refractivity contribution in [2.24, 2.45) is 11.5 Å². The zero-order valence-corrected chi connectivity index (χ0v) is 6.86. The molecule has 0 radical (unpaired) electrons. The minimum Gasteiger partial charge on any atom is -0.405 e. The average Bonchev–Trinajstić information content (AvgIpc) is 1.89. The topological polar surface area (TPSA) is 52.0 Å². The Morgan fingerprint density at radius 2 is 2.20 bits per heavy atom. The summed E-state index contributed by atoms with van der Waals surface area (Å²) >= 11 is 5.70. The molecular weight excluding hydrogens is 148 g/mol. The van der Waals surface area contributed by atoms with Crippen molar-refractivity contribution >= 4 is 11.6 Å². The lowest BCUT2D eigenvalue weighted by Crippen LogP contribution is -1.98. The second kappa shape index (κ2) is 5.18. The molecule has 0 fully saturated rings. The summed E-state index contributed by atoms with van der Waals surface area (Å²) in [6.07, 6.45) is 4.79. The molecule has 2 nitrogen and oxygen atoms in total. The summed E-state index contributed by atoms with van der Waals surface area (Å²) in [6, 6.07) is 0. The van der Waals surface area contributed by atoms with Gasteiger partial charge in [-0.15, -0.1) is 0 Å². The van der Waals surface area contributed by atoms with Crippen LogP contribution in [0.2, 0.25) is 0 Å². The zero-order chi connectivity index (χ0) is 7.98. The van der Waals surface area contributed by atoms with Crippen LogP contribution in [0.4, 0.5) is 0 Å². The number of hydrogen-bond donors (Lipinski definition) is 2. The Labute approximate surface area is 66.5 Å². The fourth-order valence-electron chi connectivity index (χ4n) is 0.580. The number of halogens is 1. The standard InChI is InChI=1S/C7H13ClN2/c1-2-3-7(10)6(8)4-5-9/h4-5H,2-3,9-10H2,1H3/b5-4-,7-6-. The molecule has 0 aromatic rings. The Morgan fingerprint density at radius 1 is 1.60 bits per heavy atom. The van der Waals surface area contributed by atoms with E-state index in [1.807, 2.05) is 6.92 Å². The Balaban J connectivity index is 4.04. The molecular formula is C7H13ClN2. The molecule has 0 bridgehead atoms. The summed E-state index contributed by atoms with van der Waals surface area (Å²) in [5.74, 6) is 0. The third-order valence-electron chi connectivity index (χ3n) is 1.07. The van der Waals surface area contributed by atoms with E-state index in [1.165, 1.54) is 6.20 Å². The molecule has 58 valence electrons. The van der Waals surface area contributed by atoms with E-state index in [-0.39, 0.29) is 0 Å². The lowest BCUT2D eigenvalue weighted by atomic mass is 10.2. The van der Waals surface area contributed by atoms with Gasteiger partial charge in [-0.25, -0.2) is 0 Å². The van der Waals surface area contributed by atoms with Crippen molar-refractivity contribution in [2.75, 3.05) is 0 Å². The van der Waals surface area contributed by atoms with E-state index < -0.39 is 0 Å². The molecule has 0 aromatic heterocycles. The van der Waals surface area contributed by atoms with E-state index in [0.717, 1.165) is 12.8 Å². The van der Waals surface area contributed by atoms with Gasteiger partial charge in [0.05, 0.1) is 5.03 Å². The fourth-order valence-corrected chi connectivity index (χ4v) is 0.748. The number of allylic oxidation sites excluding steroid dienone is 3. The van der Waals surface area contributed by atoms with Crippen molar-refractivity contribution in [1.82, 2.24) is 0 Å². The molecule has 0 saturated carbocycles. The molecule has 0 heterocycles. The lowest BCUT2D eigenvalue weighted by molar-refractivity contribution is 0.890. The quantitative estimate of drug-likeness (QED) is 0.618. The highest BCUT2D eigenvalue weighted by Crippen LogP contribution is 2.10. The zero-order valence-electron chi connectivity index (χ0n) is 6.10. The van der Waals surface area contributed by atoms with E-state index in [0.29, 0.717) is 10.7 Å². The summed E-state index contributed by atoms with van der Waals surface area (Å²) in [5, 5.41) is 0.546. The molecule has 0 aliphatic rings. The fraction of sp³-hybridized carbons (Fsp3) is 0.429. The van der Waals surface area contributed by atoms with Crippen molar-refractivity contribution in [2.45, 2.75) is 19.8 Å². The molecule has 0 spiro atoms. The largest absolute Gasteiger partial charge is 0.405 e. The molecule has 0 aliphatic carbocycles. The van der Waals surface area contributed by atoms with Crippen molar-refractivity contribution < 1.29 is 0 Å². The van der Waals surface area contributed by atoms with Gasteiger partial charge in [-0.2, -0.15) is 0 Å². The third-order valence-corrected chi connectivity index (χ3v) is 1.44. The van der Waals surface area contributed by atoms with E-state index in [2.05, 4.69) is 0 Å². The Hall–Kier alpha value is -0.630. The van der Waals surface area contributed by atoms with E-state index in [4.69, 9.17) is 23.1 Å². The minimum absolute atomic E-state index is 0.546. The van der Waals surface area contributed by atoms with Crippen LogP contribution >= 0.6 is 11.6 Å².